The highest BCUT2D eigenvalue weighted by atomic mass is 16.5. The average Bonchev–Trinajstić information content (AvgIpc) is 2.90. The quantitative estimate of drug-likeness (QED) is 0.281. The van der Waals surface area contributed by atoms with Crippen molar-refractivity contribution in [2.75, 3.05) is 20.3 Å². The van der Waals surface area contributed by atoms with Gasteiger partial charge in [-0.25, -0.2) is 4.98 Å². The monoisotopic (exact) mass is 511 g/mol. The lowest BCUT2D eigenvalue weighted by molar-refractivity contribution is 0.0579. The zero-order valence-electron chi connectivity index (χ0n) is 23.2. The molecule has 1 amide bonds. The van der Waals surface area contributed by atoms with Crippen LogP contribution in [0.25, 0.3) is 16.6 Å². The first-order valence-electron chi connectivity index (χ1n) is 13.1. The molecule has 1 unspecified atom stereocenters. The topological polar surface area (TPSA) is 64.4 Å². The molecule has 1 aromatic heterocycles. The van der Waals surface area contributed by atoms with E-state index in [0.29, 0.717) is 41.9 Å². The summed E-state index contributed by atoms with van der Waals surface area (Å²) in [7, 11) is 1.62. The van der Waals surface area contributed by atoms with Crippen molar-refractivity contribution < 1.29 is 9.53 Å². The van der Waals surface area contributed by atoms with Crippen LogP contribution in [0.1, 0.15) is 67.5 Å². The lowest BCUT2D eigenvalue weighted by atomic mass is 9.86. The Kier molecular flexibility index (Phi) is 8.12. The molecule has 0 aliphatic heterocycles. The number of rotatable bonds is 8. The van der Waals surface area contributed by atoms with Crippen LogP contribution in [-0.4, -0.2) is 40.6 Å². The number of methoxy groups -OCH3 is 1. The van der Waals surface area contributed by atoms with E-state index >= 15 is 0 Å². The molecule has 4 rings (SSSR count). The van der Waals surface area contributed by atoms with Gasteiger partial charge in [0.25, 0.3) is 11.5 Å². The minimum absolute atomic E-state index is 0.0117. The third kappa shape index (κ3) is 5.55. The van der Waals surface area contributed by atoms with Gasteiger partial charge in [0, 0.05) is 19.2 Å². The van der Waals surface area contributed by atoms with E-state index in [-0.39, 0.29) is 16.9 Å². The molecular formula is C32H37N3O3. The van der Waals surface area contributed by atoms with Crippen LogP contribution in [0.4, 0.5) is 0 Å². The van der Waals surface area contributed by atoms with Gasteiger partial charge >= 0.3 is 0 Å². The number of para-hydroxylation sites is 1. The largest absolute Gasteiger partial charge is 0.383 e. The second-order valence-corrected chi connectivity index (χ2v) is 10.7. The van der Waals surface area contributed by atoms with Crippen molar-refractivity contribution in [3.8, 4) is 5.69 Å². The van der Waals surface area contributed by atoms with Crippen molar-refractivity contribution >= 4 is 16.8 Å². The molecule has 38 heavy (non-hydrogen) atoms. The first-order chi connectivity index (χ1) is 18.2. The second-order valence-electron chi connectivity index (χ2n) is 10.7. The number of fused-ring (bicyclic) bond motifs is 1. The SMILES string of the molecule is CCC(c1nc2ccccc2c(=O)n1-c1cccc(C)c1)N(CCOC)C(=O)c1ccc(C(C)(C)C)cc1. The minimum Gasteiger partial charge on any atom is -0.383 e. The number of benzene rings is 3. The summed E-state index contributed by atoms with van der Waals surface area (Å²) in [6.07, 6.45) is 0.576. The highest BCUT2D eigenvalue weighted by Gasteiger charge is 2.30. The van der Waals surface area contributed by atoms with E-state index in [1.807, 2.05) is 80.6 Å². The Morgan fingerprint density at radius 2 is 1.74 bits per heavy atom. The fourth-order valence-electron chi connectivity index (χ4n) is 4.80. The van der Waals surface area contributed by atoms with Crippen molar-refractivity contribution in [1.82, 2.24) is 14.5 Å². The van der Waals surface area contributed by atoms with Gasteiger partial charge in [0.15, 0.2) is 0 Å². The smallest absolute Gasteiger partial charge is 0.266 e. The Balaban J connectivity index is 1.89. The fraction of sp³-hybridized carbons (Fsp3) is 0.344. The molecular weight excluding hydrogens is 474 g/mol. The van der Waals surface area contributed by atoms with Gasteiger partial charge in [0.1, 0.15) is 5.82 Å². The summed E-state index contributed by atoms with van der Waals surface area (Å²) in [5.74, 6) is 0.421. The molecule has 0 aliphatic rings. The van der Waals surface area contributed by atoms with Gasteiger partial charge in [-0.2, -0.15) is 0 Å². The Labute approximate surface area is 224 Å². The number of aryl methyl sites for hydroxylation is 1. The maximum atomic E-state index is 14.0. The summed E-state index contributed by atoms with van der Waals surface area (Å²) < 4.78 is 7.06. The van der Waals surface area contributed by atoms with E-state index in [0.717, 1.165) is 16.8 Å². The zero-order chi connectivity index (χ0) is 27.4. The Bertz CT molecular complexity index is 1480. The van der Waals surface area contributed by atoms with E-state index in [2.05, 4.69) is 20.8 Å². The summed E-state index contributed by atoms with van der Waals surface area (Å²) in [5, 5.41) is 0.542. The number of hydrogen-bond donors (Lipinski definition) is 0. The number of aromatic nitrogens is 2. The molecule has 198 valence electrons. The van der Waals surface area contributed by atoms with Crippen molar-refractivity contribution in [3.63, 3.8) is 0 Å². The van der Waals surface area contributed by atoms with E-state index in [4.69, 9.17) is 9.72 Å². The van der Waals surface area contributed by atoms with E-state index in [1.54, 1.807) is 22.6 Å². The van der Waals surface area contributed by atoms with Crippen LogP contribution in [0, 0.1) is 6.92 Å². The summed E-state index contributed by atoms with van der Waals surface area (Å²) in [4.78, 5) is 34.7. The molecule has 0 radical (unpaired) electrons. The van der Waals surface area contributed by atoms with Gasteiger partial charge in [-0.15, -0.1) is 0 Å². The van der Waals surface area contributed by atoms with Crippen LogP contribution >= 0.6 is 0 Å². The first kappa shape index (κ1) is 27.3. The van der Waals surface area contributed by atoms with Gasteiger partial charge in [-0.3, -0.25) is 14.2 Å². The predicted molar refractivity (Wildman–Crippen MR) is 153 cm³/mol. The second kappa shape index (κ2) is 11.3. The van der Waals surface area contributed by atoms with Crippen molar-refractivity contribution in [2.24, 2.45) is 0 Å². The Hall–Kier alpha value is -3.77. The number of carbonyl (C=O) groups excluding carboxylic acids is 1. The highest BCUT2D eigenvalue weighted by molar-refractivity contribution is 5.94. The van der Waals surface area contributed by atoms with Crippen LogP contribution in [0.15, 0.2) is 77.6 Å². The number of ether oxygens (including phenoxy) is 1. The van der Waals surface area contributed by atoms with Crippen LogP contribution < -0.4 is 5.56 Å². The van der Waals surface area contributed by atoms with Gasteiger partial charge in [-0.1, -0.05) is 64.1 Å². The molecule has 0 spiro atoms. The third-order valence-electron chi connectivity index (χ3n) is 6.92. The van der Waals surface area contributed by atoms with Gasteiger partial charge in [0.05, 0.1) is 29.2 Å². The predicted octanol–water partition coefficient (Wildman–Crippen LogP) is 6.23. The molecule has 6 heteroatoms. The van der Waals surface area contributed by atoms with Crippen LogP contribution in [0.5, 0.6) is 0 Å². The Morgan fingerprint density at radius 1 is 1.03 bits per heavy atom. The summed E-state index contributed by atoms with van der Waals surface area (Å²) in [5.41, 5.74) is 3.98. The standard InChI is InChI=1S/C32H37N3O3/c1-7-28(34(19-20-38-6)30(36)23-15-17-24(18-16-23)32(3,4)5)29-33-27-14-9-8-13-26(27)31(37)35(29)25-12-10-11-22(2)21-25/h8-18,21,28H,7,19-20H2,1-6H3. The van der Waals surface area contributed by atoms with Crippen LogP contribution in [0.2, 0.25) is 0 Å². The summed E-state index contributed by atoms with van der Waals surface area (Å²) in [6.45, 7) is 11.2. The molecule has 0 aliphatic carbocycles. The average molecular weight is 512 g/mol. The van der Waals surface area contributed by atoms with Crippen LogP contribution in [0.3, 0.4) is 0 Å². The van der Waals surface area contributed by atoms with Gasteiger partial charge in [-0.05, 0) is 66.3 Å². The maximum Gasteiger partial charge on any atom is 0.266 e. The highest BCUT2D eigenvalue weighted by Crippen LogP contribution is 2.29. The molecule has 0 N–H and O–H groups in total. The van der Waals surface area contributed by atoms with Crippen molar-refractivity contribution in [3.05, 3.63) is 106 Å². The van der Waals surface area contributed by atoms with Crippen LogP contribution in [-0.2, 0) is 10.2 Å². The molecule has 1 heterocycles. The molecule has 0 saturated carbocycles. The lowest BCUT2D eigenvalue weighted by Crippen LogP contribution is -2.40. The van der Waals surface area contributed by atoms with Crippen molar-refractivity contribution in [2.45, 2.75) is 52.5 Å². The normalized spacial score (nSPS) is 12.5. The van der Waals surface area contributed by atoms with E-state index in [1.165, 1.54) is 0 Å². The summed E-state index contributed by atoms with van der Waals surface area (Å²) >= 11 is 0. The number of hydrogen-bond acceptors (Lipinski definition) is 4. The number of amides is 1. The molecule has 0 bridgehead atoms. The lowest BCUT2D eigenvalue weighted by Gasteiger charge is -2.32. The van der Waals surface area contributed by atoms with Crippen molar-refractivity contribution in [1.29, 1.82) is 0 Å². The molecule has 1 atom stereocenters. The Morgan fingerprint density at radius 3 is 2.37 bits per heavy atom. The molecule has 4 aromatic rings. The van der Waals surface area contributed by atoms with Gasteiger partial charge < -0.3 is 9.64 Å². The molecule has 3 aromatic carbocycles. The molecule has 6 nitrogen and oxygen atoms in total. The molecule has 0 saturated heterocycles. The zero-order valence-corrected chi connectivity index (χ0v) is 23.2. The van der Waals surface area contributed by atoms with Gasteiger partial charge in [0.2, 0.25) is 0 Å². The minimum atomic E-state index is -0.447. The molecule has 0 fully saturated rings. The first-order valence-corrected chi connectivity index (χ1v) is 13.1. The van der Waals surface area contributed by atoms with E-state index in [9.17, 15) is 9.59 Å². The number of nitrogens with zero attached hydrogens (tertiary/aromatic N) is 3. The van der Waals surface area contributed by atoms with E-state index < -0.39 is 6.04 Å². The summed E-state index contributed by atoms with van der Waals surface area (Å²) in [6, 6.07) is 22.5. The fourth-order valence-corrected chi connectivity index (χ4v) is 4.80. The maximum absolute atomic E-state index is 14.0. The third-order valence-corrected chi connectivity index (χ3v) is 6.92. The number of carbonyl (C=O) groups is 1.